The molecule has 6 heteroatoms. The van der Waals surface area contributed by atoms with E-state index < -0.39 is 7.12 Å². The fraction of sp³-hybridized carbons (Fsp3) is 0.143. The van der Waals surface area contributed by atoms with E-state index >= 15 is 0 Å². The van der Waals surface area contributed by atoms with E-state index in [2.05, 4.69) is 0 Å². The highest BCUT2D eigenvalue weighted by Gasteiger charge is 2.09. The fourth-order valence-corrected chi connectivity index (χ4v) is 2.38. The third kappa shape index (κ3) is 4.26. The van der Waals surface area contributed by atoms with Crippen molar-refractivity contribution in [3.63, 3.8) is 0 Å². The molecule has 3 nitrogen and oxygen atoms in total. The van der Waals surface area contributed by atoms with Gasteiger partial charge >= 0.3 is 7.12 Å². The molecule has 0 fully saturated rings. The van der Waals surface area contributed by atoms with Gasteiger partial charge in [0.1, 0.15) is 11.6 Å². The van der Waals surface area contributed by atoms with E-state index in [4.69, 9.17) is 14.8 Å². The van der Waals surface area contributed by atoms with Gasteiger partial charge < -0.3 is 14.8 Å². The molecule has 0 saturated carbocycles. The van der Waals surface area contributed by atoms with Gasteiger partial charge in [0.15, 0.2) is 0 Å². The summed E-state index contributed by atoms with van der Waals surface area (Å²) in [5, 5.41) is 17.9. The zero-order valence-electron chi connectivity index (χ0n) is 10.7. The molecular weight excluding hydrogens is 278 g/mol. The maximum atomic E-state index is 13.4. The van der Waals surface area contributed by atoms with Crippen molar-refractivity contribution in [2.24, 2.45) is 0 Å². The monoisotopic (exact) mass is 292 g/mol. The van der Waals surface area contributed by atoms with Crippen LogP contribution in [0.5, 0.6) is 5.75 Å². The third-order valence-electron chi connectivity index (χ3n) is 2.62. The van der Waals surface area contributed by atoms with Gasteiger partial charge in [0.25, 0.3) is 0 Å². The van der Waals surface area contributed by atoms with Crippen molar-refractivity contribution in [2.75, 3.05) is 12.4 Å². The summed E-state index contributed by atoms with van der Waals surface area (Å²) in [7, 11) is -1.47. The molecule has 0 heterocycles. The van der Waals surface area contributed by atoms with Crippen LogP contribution in [0.4, 0.5) is 4.39 Å². The van der Waals surface area contributed by atoms with Crippen molar-refractivity contribution < 1.29 is 19.2 Å². The minimum atomic E-state index is -1.47. The van der Waals surface area contributed by atoms with Crippen LogP contribution in [0.25, 0.3) is 0 Å². The minimum absolute atomic E-state index is 0.223. The molecule has 0 unspecified atom stereocenters. The van der Waals surface area contributed by atoms with Gasteiger partial charge in [-0.15, -0.1) is 11.8 Å². The van der Waals surface area contributed by atoms with Crippen LogP contribution in [0.1, 0.15) is 0 Å². The van der Waals surface area contributed by atoms with Gasteiger partial charge in [-0.3, -0.25) is 0 Å². The predicted octanol–water partition coefficient (Wildman–Crippen LogP) is 1.68. The lowest BCUT2D eigenvalue weighted by atomic mass is 9.80. The first-order chi connectivity index (χ1) is 9.66. The third-order valence-corrected chi connectivity index (χ3v) is 3.64. The summed E-state index contributed by atoms with van der Waals surface area (Å²) in [6.45, 7) is 0.444. The summed E-state index contributed by atoms with van der Waals surface area (Å²) >= 11 is 1.39. The van der Waals surface area contributed by atoms with Crippen LogP contribution in [0.2, 0.25) is 0 Å². The number of hydrogen-bond acceptors (Lipinski definition) is 4. The van der Waals surface area contributed by atoms with Crippen molar-refractivity contribution in [3.8, 4) is 5.75 Å². The Labute approximate surface area is 121 Å². The number of halogens is 1. The van der Waals surface area contributed by atoms with Crippen LogP contribution in [0.15, 0.2) is 53.4 Å². The number of hydrogen-bond donors (Lipinski definition) is 2. The van der Waals surface area contributed by atoms with Gasteiger partial charge in [-0.25, -0.2) is 4.39 Å². The second kappa shape index (κ2) is 7.33. The summed E-state index contributed by atoms with van der Waals surface area (Å²) < 4.78 is 18.8. The van der Waals surface area contributed by atoms with Crippen LogP contribution in [0, 0.1) is 5.82 Å². The molecule has 0 aliphatic rings. The minimum Gasteiger partial charge on any atom is -0.493 e. The summed E-state index contributed by atoms with van der Waals surface area (Å²) in [4.78, 5) is 0.606. The van der Waals surface area contributed by atoms with Gasteiger partial charge in [0, 0.05) is 10.6 Å². The summed E-state index contributed by atoms with van der Waals surface area (Å²) in [5.41, 5.74) is 0.415. The largest absolute Gasteiger partial charge is 0.493 e. The van der Waals surface area contributed by atoms with Gasteiger partial charge in [-0.1, -0.05) is 24.3 Å². The number of rotatable bonds is 6. The van der Waals surface area contributed by atoms with Crippen molar-refractivity contribution >= 4 is 24.3 Å². The highest BCUT2D eigenvalue weighted by molar-refractivity contribution is 7.99. The number of thioether (sulfide) groups is 1. The highest BCUT2D eigenvalue weighted by atomic mass is 32.2. The van der Waals surface area contributed by atoms with Gasteiger partial charge in [0.2, 0.25) is 0 Å². The van der Waals surface area contributed by atoms with Crippen molar-refractivity contribution in [2.45, 2.75) is 4.90 Å². The molecule has 0 aromatic heterocycles. The molecule has 0 amide bonds. The number of benzene rings is 2. The molecule has 0 radical (unpaired) electrons. The van der Waals surface area contributed by atoms with Crippen molar-refractivity contribution in [1.29, 1.82) is 0 Å². The molecule has 0 aliphatic carbocycles. The standard InChI is InChI=1S/C14H14BFO3S/c16-13-3-1-2-4-14(13)20-10-9-19-12-7-5-11(6-8-12)15(17)18/h1-8,17-18H,9-10H2. The quantitative estimate of drug-likeness (QED) is 0.483. The molecule has 0 aliphatic heterocycles. The summed E-state index contributed by atoms with van der Waals surface area (Å²) in [6.07, 6.45) is 0. The van der Waals surface area contributed by atoms with Crippen LogP contribution in [0.3, 0.4) is 0 Å². The molecule has 0 bridgehead atoms. The second-order valence-corrected chi connectivity index (χ2v) is 5.21. The van der Waals surface area contributed by atoms with E-state index in [1.165, 1.54) is 17.8 Å². The lowest BCUT2D eigenvalue weighted by Gasteiger charge is -2.07. The molecule has 2 rings (SSSR count). The van der Waals surface area contributed by atoms with E-state index in [-0.39, 0.29) is 5.82 Å². The Morgan fingerprint density at radius 2 is 1.75 bits per heavy atom. The first-order valence-electron chi connectivity index (χ1n) is 6.13. The Morgan fingerprint density at radius 1 is 1.05 bits per heavy atom. The zero-order chi connectivity index (χ0) is 14.4. The van der Waals surface area contributed by atoms with Crippen LogP contribution >= 0.6 is 11.8 Å². The smallest absolute Gasteiger partial charge is 0.488 e. The lowest BCUT2D eigenvalue weighted by Crippen LogP contribution is -2.29. The second-order valence-electron chi connectivity index (χ2n) is 4.07. The number of ether oxygens (including phenoxy) is 1. The van der Waals surface area contributed by atoms with Crippen molar-refractivity contribution in [3.05, 3.63) is 54.3 Å². The van der Waals surface area contributed by atoms with E-state index in [1.807, 2.05) is 0 Å². The topological polar surface area (TPSA) is 49.7 Å². The van der Waals surface area contributed by atoms with Crippen LogP contribution in [-0.4, -0.2) is 29.5 Å². The SMILES string of the molecule is OB(O)c1ccc(OCCSc2ccccc2F)cc1. The average Bonchev–Trinajstić information content (AvgIpc) is 2.46. The molecule has 0 spiro atoms. The molecule has 2 N–H and O–H groups in total. The Balaban J connectivity index is 1.77. The normalized spacial score (nSPS) is 10.3. The maximum Gasteiger partial charge on any atom is 0.488 e. The van der Waals surface area contributed by atoms with E-state index in [9.17, 15) is 4.39 Å². The Bertz CT molecular complexity index is 548. The zero-order valence-corrected chi connectivity index (χ0v) is 11.5. The fourth-order valence-electron chi connectivity index (χ4n) is 1.61. The average molecular weight is 292 g/mol. The first-order valence-corrected chi connectivity index (χ1v) is 7.11. The van der Waals surface area contributed by atoms with Gasteiger partial charge in [-0.2, -0.15) is 0 Å². The van der Waals surface area contributed by atoms with E-state index in [1.54, 1.807) is 42.5 Å². The molecule has 2 aromatic carbocycles. The van der Waals surface area contributed by atoms with Gasteiger partial charge in [0.05, 0.1) is 6.61 Å². The lowest BCUT2D eigenvalue weighted by molar-refractivity contribution is 0.344. The maximum absolute atomic E-state index is 13.4. The van der Waals surface area contributed by atoms with Gasteiger partial charge in [-0.05, 0) is 29.7 Å². The predicted molar refractivity (Wildman–Crippen MR) is 78.9 cm³/mol. The Hall–Kier alpha value is -1.50. The molecule has 2 aromatic rings. The molecule has 20 heavy (non-hydrogen) atoms. The highest BCUT2D eigenvalue weighted by Crippen LogP contribution is 2.21. The molecule has 0 saturated heterocycles. The van der Waals surface area contributed by atoms with Crippen LogP contribution in [-0.2, 0) is 0 Å². The van der Waals surface area contributed by atoms with E-state index in [0.29, 0.717) is 28.5 Å². The summed E-state index contributed by atoms with van der Waals surface area (Å²) in [6, 6.07) is 13.1. The summed E-state index contributed by atoms with van der Waals surface area (Å²) in [5.74, 6) is 1.05. The molecule has 0 atom stereocenters. The van der Waals surface area contributed by atoms with Crippen molar-refractivity contribution in [1.82, 2.24) is 0 Å². The molecule has 104 valence electrons. The van der Waals surface area contributed by atoms with Crippen LogP contribution < -0.4 is 10.2 Å². The Morgan fingerprint density at radius 3 is 2.40 bits per heavy atom. The van der Waals surface area contributed by atoms with E-state index in [0.717, 1.165) is 0 Å². The Kier molecular flexibility index (Phi) is 5.46. The molecular formula is C14H14BFO3S. The first kappa shape index (κ1) is 14.9.